The molecule has 1 N–H and O–H groups in total. The van der Waals surface area contributed by atoms with E-state index in [1.165, 1.54) is 19.3 Å². The van der Waals surface area contributed by atoms with E-state index in [0.29, 0.717) is 6.61 Å². The molecule has 0 saturated heterocycles. The van der Waals surface area contributed by atoms with Gasteiger partial charge in [0.25, 0.3) is 0 Å². The van der Waals surface area contributed by atoms with Gasteiger partial charge in [0.05, 0.1) is 19.3 Å². The number of carbonyl (C=O) groups is 1. The molecule has 0 aromatic heterocycles. The molecule has 0 aliphatic heterocycles. The van der Waals surface area contributed by atoms with Gasteiger partial charge >= 0.3 is 6.09 Å². The molecule has 0 heterocycles. The maximum atomic E-state index is 12.1. The van der Waals surface area contributed by atoms with Crippen molar-refractivity contribution in [1.82, 2.24) is 4.90 Å². The molecular formula is C14H27NO3. The minimum absolute atomic E-state index is 0.000617. The average molecular weight is 257 g/mol. The van der Waals surface area contributed by atoms with E-state index in [2.05, 4.69) is 6.92 Å². The lowest BCUT2D eigenvalue weighted by atomic mass is 9.93. The van der Waals surface area contributed by atoms with E-state index in [0.717, 1.165) is 25.7 Å². The largest absolute Gasteiger partial charge is 0.449 e. The summed E-state index contributed by atoms with van der Waals surface area (Å²) in [6.07, 6.45) is 7.33. The van der Waals surface area contributed by atoms with Crippen LogP contribution in [0.2, 0.25) is 0 Å². The van der Waals surface area contributed by atoms with E-state index < -0.39 is 0 Å². The highest BCUT2D eigenvalue weighted by Gasteiger charge is 2.30. The van der Waals surface area contributed by atoms with E-state index in [9.17, 15) is 9.90 Å². The third-order valence-electron chi connectivity index (χ3n) is 3.64. The predicted octanol–water partition coefficient (Wildman–Crippen LogP) is 2.94. The molecule has 0 aromatic carbocycles. The molecule has 4 heteroatoms. The Labute approximate surface area is 110 Å². The molecule has 18 heavy (non-hydrogen) atoms. The lowest BCUT2D eigenvalue weighted by Gasteiger charge is -2.37. The smallest absolute Gasteiger partial charge is 0.410 e. The van der Waals surface area contributed by atoms with Crippen molar-refractivity contribution in [3.8, 4) is 0 Å². The molecule has 0 spiro atoms. The van der Waals surface area contributed by atoms with Crippen molar-refractivity contribution >= 4 is 6.09 Å². The number of amides is 1. The highest BCUT2D eigenvalue weighted by Crippen LogP contribution is 2.24. The van der Waals surface area contributed by atoms with Crippen LogP contribution in [0.4, 0.5) is 4.79 Å². The van der Waals surface area contributed by atoms with Gasteiger partial charge < -0.3 is 14.7 Å². The number of carbonyl (C=O) groups excluding carboxylic acids is 1. The zero-order valence-corrected chi connectivity index (χ0v) is 11.7. The summed E-state index contributed by atoms with van der Waals surface area (Å²) in [4.78, 5) is 13.9. The van der Waals surface area contributed by atoms with Crippen molar-refractivity contribution in [2.24, 2.45) is 0 Å². The van der Waals surface area contributed by atoms with Gasteiger partial charge in [0.15, 0.2) is 0 Å². The number of hydrogen-bond donors (Lipinski definition) is 1. The second kappa shape index (κ2) is 8.35. The second-order valence-electron chi connectivity index (χ2n) is 5.20. The van der Waals surface area contributed by atoms with Crippen LogP contribution in [0.1, 0.15) is 58.8 Å². The molecule has 0 bridgehead atoms. The van der Waals surface area contributed by atoms with Crippen LogP contribution in [0.3, 0.4) is 0 Å². The molecule has 1 aliphatic rings. The van der Waals surface area contributed by atoms with Crippen molar-refractivity contribution in [3.63, 3.8) is 0 Å². The fraction of sp³-hybridized carbons (Fsp3) is 0.929. The van der Waals surface area contributed by atoms with Gasteiger partial charge in [0, 0.05) is 6.04 Å². The van der Waals surface area contributed by atoms with Crippen molar-refractivity contribution in [2.45, 2.75) is 70.9 Å². The summed E-state index contributed by atoms with van der Waals surface area (Å²) in [5.41, 5.74) is 0. The predicted molar refractivity (Wildman–Crippen MR) is 71.5 cm³/mol. The maximum absolute atomic E-state index is 12.1. The Morgan fingerprint density at radius 3 is 2.61 bits per heavy atom. The number of ether oxygens (including phenoxy) is 1. The maximum Gasteiger partial charge on any atom is 0.410 e. The van der Waals surface area contributed by atoms with E-state index in [4.69, 9.17) is 4.74 Å². The monoisotopic (exact) mass is 257 g/mol. The lowest BCUT2D eigenvalue weighted by Crippen LogP contribution is -2.48. The standard InChI is InChI=1S/C14H27NO3/c1-3-4-10-18-14(17)15(12(2)11-16)13-8-6-5-7-9-13/h12-13,16H,3-11H2,1-2H3. The van der Waals surface area contributed by atoms with E-state index in [1.54, 1.807) is 4.90 Å². The van der Waals surface area contributed by atoms with Gasteiger partial charge in [-0.2, -0.15) is 0 Å². The van der Waals surface area contributed by atoms with Crippen LogP contribution in [0.15, 0.2) is 0 Å². The average Bonchev–Trinajstić information content (AvgIpc) is 2.40. The van der Waals surface area contributed by atoms with Crippen molar-refractivity contribution < 1.29 is 14.6 Å². The fourth-order valence-corrected chi connectivity index (χ4v) is 2.51. The van der Waals surface area contributed by atoms with Gasteiger partial charge in [-0.25, -0.2) is 4.79 Å². The summed E-state index contributed by atoms with van der Waals surface area (Å²) < 4.78 is 5.30. The van der Waals surface area contributed by atoms with Gasteiger partial charge in [0.2, 0.25) is 0 Å². The van der Waals surface area contributed by atoms with Crippen LogP contribution in [0.5, 0.6) is 0 Å². The Kier molecular flexibility index (Phi) is 7.09. The van der Waals surface area contributed by atoms with Crippen LogP contribution >= 0.6 is 0 Å². The Hall–Kier alpha value is -0.770. The first-order chi connectivity index (χ1) is 8.70. The van der Waals surface area contributed by atoms with Crippen molar-refractivity contribution in [3.05, 3.63) is 0 Å². The Balaban J connectivity index is 2.55. The summed E-state index contributed by atoms with van der Waals surface area (Å²) in [5, 5.41) is 9.31. The van der Waals surface area contributed by atoms with Crippen LogP contribution < -0.4 is 0 Å². The zero-order chi connectivity index (χ0) is 13.4. The molecule has 1 rings (SSSR count). The summed E-state index contributed by atoms with van der Waals surface area (Å²) in [6, 6.07) is 0.0947. The summed E-state index contributed by atoms with van der Waals surface area (Å²) in [7, 11) is 0. The lowest BCUT2D eigenvalue weighted by molar-refractivity contribution is 0.0428. The van der Waals surface area contributed by atoms with Crippen LogP contribution in [-0.4, -0.2) is 41.4 Å². The summed E-state index contributed by atoms with van der Waals surface area (Å²) >= 11 is 0. The van der Waals surface area contributed by atoms with Crippen molar-refractivity contribution in [2.75, 3.05) is 13.2 Å². The third kappa shape index (κ3) is 4.48. The van der Waals surface area contributed by atoms with Gasteiger partial charge in [-0.3, -0.25) is 0 Å². The minimum atomic E-state index is -0.253. The Morgan fingerprint density at radius 1 is 1.39 bits per heavy atom. The molecule has 4 nitrogen and oxygen atoms in total. The molecule has 0 radical (unpaired) electrons. The molecular weight excluding hydrogens is 230 g/mol. The molecule has 1 atom stereocenters. The fourth-order valence-electron chi connectivity index (χ4n) is 2.51. The first-order valence-electron chi connectivity index (χ1n) is 7.26. The number of aliphatic hydroxyl groups is 1. The Bertz CT molecular complexity index is 239. The van der Waals surface area contributed by atoms with Gasteiger partial charge in [-0.05, 0) is 26.2 Å². The van der Waals surface area contributed by atoms with E-state index in [-0.39, 0.29) is 24.8 Å². The third-order valence-corrected chi connectivity index (χ3v) is 3.64. The van der Waals surface area contributed by atoms with Gasteiger partial charge in [-0.1, -0.05) is 32.6 Å². The number of aliphatic hydroxyl groups excluding tert-OH is 1. The van der Waals surface area contributed by atoms with E-state index >= 15 is 0 Å². The minimum Gasteiger partial charge on any atom is -0.449 e. The van der Waals surface area contributed by atoms with Crippen LogP contribution in [0, 0.1) is 0 Å². The summed E-state index contributed by atoms with van der Waals surface area (Å²) in [5.74, 6) is 0. The Morgan fingerprint density at radius 2 is 2.06 bits per heavy atom. The zero-order valence-electron chi connectivity index (χ0n) is 11.7. The van der Waals surface area contributed by atoms with Crippen molar-refractivity contribution in [1.29, 1.82) is 0 Å². The van der Waals surface area contributed by atoms with Gasteiger partial charge in [0.1, 0.15) is 0 Å². The van der Waals surface area contributed by atoms with Gasteiger partial charge in [-0.15, -0.1) is 0 Å². The topological polar surface area (TPSA) is 49.8 Å². The summed E-state index contributed by atoms with van der Waals surface area (Å²) in [6.45, 7) is 4.44. The molecule has 1 fully saturated rings. The highest BCUT2D eigenvalue weighted by molar-refractivity contribution is 5.68. The number of nitrogens with zero attached hydrogens (tertiary/aromatic N) is 1. The normalized spacial score (nSPS) is 18.4. The first-order valence-corrected chi connectivity index (χ1v) is 7.26. The molecule has 1 unspecified atom stereocenters. The number of rotatable bonds is 6. The van der Waals surface area contributed by atoms with E-state index in [1.807, 2.05) is 6.92 Å². The highest BCUT2D eigenvalue weighted by atomic mass is 16.6. The van der Waals surface area contributed by atoms with Crippen LogP contribution in [0.25, 0.3) is 0 Å². The molecule has 106 valence electrons. The SMILES string of the molecule is CCCCOC(=O)N(C(C)CO)C1CCCCC1. The number of hydrogen-bond acceptors (Lipinski definition) is 3. The first kappa shape index (κ1) is 15.3. The molecule has 0 aromatic rings. The molecule has 1 saturated carbocycles. The number of unbranched alkanes of at least 4 members (excludes halogenated alkanes) is 1. The quantitative estimate of drug-likeness (QED) is 0.744. The molecule has 1 aliphatic carbocycles. The van der Waals surface area contributed by atoms with Crippen LogP contribution in [-0.2, 0) is 4.74 Å². The second-order valence-corrected chi connectivity index (χ2v) is 5.20. The molecule has 1 amide bonds.